The van der Waals surface area contributed by atoms with Crippen LogP contribution in [0, 0.1) is 0 Å². The first-order valence-corrected chi connectivity index (χ1v) is 4.50. The van der Waals surface area contributed by atoms with Gasteiger partial charge in [-0.1, -0.05) is 0 Å². The standard InChI is InChI=1S/C8H14N4O/c1-6-10-7(13)8(11-6)2-4-12(9)5-3-8/h2-5,9H2,1H3,(H,10,11,13). The van der Waals surface area contributed by atoms with Gasteiger partial charge in [-0.3, -0.25) is 15.6 Å². The van der Waals surface area contributed by atoms with Crippen molar-refractivity contribution in [2.45, 2.75) is 25.3 Å². The van der Waals surface area contributed by atoms with Crippen LogP contribution in [0.15, 0.2) is 4.99 Å². The summed E-state index contributed by atoms with van der Waals surface area (Å²) in [5.41, 5.74) is -0.500. The fourth-order valence-corrected chi connectivity index (χ4v) is 1.91. The van der Waals surface area contributed by atoms with E-state index < -0.39 is 5.54 Å². The van der Waals surface area contributed by atoms with Gasteiger partial charge in [0.05, 0.1) is 0 Å². The largest absolute Gasteiger partial charge is 0.313 e. The Hall–Kier alpha value is -0.940. The van der Waals surface area contributed by atoms with Gasteiger partial charge < -0.3 is 5.32 Å². The number of rotatable bonds is 0. The van der Waals surface area contributed by atoms with E-state index in [0.29, 0.717) is 0 Å². The molecule has 0 radical (unpaired) electrons. The van der Waals surface area contributed by atoms with Gasteiger partial charge in [0.15, 0.2) is 0 Å². The van der Waals surface area contributed by atoms with E-state index in [1.165, 1.54) is 0 Å². The number of piperidine rings is 1. The number of aliphatic imine (C=N–C) groups is 1. The molecule has 2 heterocycles. The number of carbonyl (C=O) groups is 1. The molecule has 0 bridgehead atoms. The highest BCUT2D eigenvalue weighted by molar-refractivity contribution is 6.07. The highest BCUT2D eigenvalue weighted by Crippen LogP contribution is 2.28. The first-order chi connectivity index (χ1) is 6.12. The third-order valence-corrected chi connectivity index (χ3v) is 2.72. The Bertz CT molecular complexity index is 265. The summed E-state index contributed by atoms with van der Waals surface area (Å²) in [6.07, 6.45) is 1.46. The molecule has 1 spiro atoms. The van der Waals surface area contributed by atoms with Crippen LogP contribution in [-0.2, 0) is 4.79 Å². The van der Waals surface area contributed by atoms with Crippen LogP contribution < -0.4 is 11.2 Å². The summed E-state index contributed by atoms with van der Waals surface area (Å²) in [7, 11) is 0. The van der Waals surface area contributed by atoms with Crippen molar-refractivity contribution in [1.29, 1.82) is 0 Å². The Morgan fingerprint density at radius 2 is 2.15 bits per heavy atom. The minimum Gasteiger partial charge on any atom is -0.313 e. The molecule has 2 rings (SSSR count). The number of hydrogen-bond acceptors (Lipinski definition) is 4. The van der Waals surface area contributed by atoms with Crippen LogP contribution in [0.1, 0.15) is 19.8 Å². The molecule has 2 aliphatic heterocycles. The van der Waals surface area contributed by atoms with E-state index in [-0.39, 0.29) is 5.91 Å². The molecule has 0 unspecified atom stereocenters. The SMILES string of the molecule is CC1=NC2(CCN(N)CC2)C(=O)N1. The lowest BCUT2D eigenvalue weighted by Gasteiger charge is -2.32. The minimum atomic E-state index is -0.500. The molecule has 1 fully saturated rings. The second-order valence-electron chi connectivity index (χ2n) is 3.72. The number of amidine groups is 1. The Balaban J connectivity index is 2.17. The van der Waals surface area contributed by atoms with Crippen LogP contribution in [0.4, 0.5) is 0 Å². The zero-order chi connectivity index (χ0) is 9.47. The third kappa shape index (κ3) is 1.34. The quantitative estimate of drug-likeness (QED) is 0.484. The number of amides is 1. The van der Waals surface area contributed by atoms with E-state index in [4.69, 9.17) is 5.84 Å². The summed E-state index contributed by atoms with van der Waals surface area (Å²) < 4.78 is 0. The number of hydrazine groups is 1. The summed E-state index contributed by atoms with van der Waals surface area (Å²) in [4.78, 5) is 16.0. The van der Waals surface area contributed by atoms with Gasteiger partial charge in [-0.2, -0.15) is 0 Å². The first-order valence-electron chi connectivity index (χ1n) is 4.50. The number of nitrogens with zero attached hydrogens (tertiary/aromatic N) is 2. The molecule has 0 aliphatic carbocycles. The van der Waals surface area contributed by atoms with Crippen molar-refractivity contribution < 1.29 is 4.79 Å². The van der Waals surface area contributed by atoms with Crippen LogP contribution in [0.5, 0.6) is 0 Å². The van der Waals surface area contributed by atoms with Crippen molar-refractivity contribution in [3.63, 3.8) is 0 Å². The maximum Gasteiger partial charge on any atom is 0.253 e. The number of nitrogens with two attached hydrogens (primary N) is 1. The molecule has 1 saturated heterocycles. The van der Waals surface area contributed by atoms with Gasteiger partial charge in [0.2, 0.25) is 0 Å². The van der Waals surface area contributed by atoms with Crippen LogP contribution in [0.3, 0.4) is 0 Å². The average Bonchev–Trinajstić information content (AvgIpc) is 2.34. The Morgan fingerprint density at radius 3 is 2.62 bits per heavy atom. The highest BCUT2D eigenvalue weighted by Gasteiger charge is 2.44. The molecular formula is C8H14N4O. The lowest BCUT2D eigenvalue weighted by Crippen LogP contribution is -2.50. The predicted molar refractivity (Wildman–Crippen MR) is 49.0 cm³/mol. The first kappa shape index (κ1) is 8.65. The maximum absolute atomic E-state index is 11.6. The normalized spacial score (nSPS) is 27.5. The number of hydrogen-bond donors (Lipinski definition) is 2. The van der Waals surface area contributed by atoms with E-state index in [2.05, 4.69) is 10.3 Å². The lowest BCUT2D eigenvalue weighted by molar-refractivity contribution is -0.125. The molecule has 72 valence electrons. The summed E-state index contributed by atoms with van der Waals surface area (Å²) >= 11 is 0. The molecular weight excluding hydrogens is 168 g/mol. The predicted octanol–water partition coefficient (Wildman–Crippen LogP) is -0.757. The molecule has 5 heteroatoms. The topological polar surface area (TPSA) is 70.7 Å². The summed E-state index contributed by atoms with van der Waals surface area (Å²) in [5, 5.41) is 4.48. The fourth-order valence-electron chi connectivity index (χ4n) is 1.91. The van der Waals surface area contributed by atoms with Gasteiger partial charge in [-0.05, 0) is 19.8 Å². The summed E-state index contributed by atoms with van der Waals surface area (Å²) in [6.45, 7) is 3.30. The van der Waals surface area contributed by atoms with E-state index in [1.807, 2.05) is 6.92 Å². The number of nitrogens with one attached hydrogen (secondary N) is 1. The van der Waals surface area contributed by atoms with Gasteiger partial charge in [-0.25, -0.2) is 5.01 Å². The van der Waals surface area contributed by atoms with Crippen LogP contribution in [0.25, 0.3) is 0 Å². The van der Waals surface area contributed by atoms with Crippen molar-refractivity contribution in [3.05, 3.63) is 0 Å². The van der Waals surface area contributed by atoms with Crippen molar-refractivity contribution in [1.82, 2.24) is 10.3 Å². The van der Waals surface area contributed by atoms with Gasteiger partial charge >= 0.3 is 0 Å². The lowest BCUT2D eigenvalue weighted by atomic mass is 9.89. The second-order valence-corrected chi connectivity index (χ2v) is 3.72. The van der Waals surface area contributed by atoms with Crippen molar-refractivity contribution in [3.8, 4) is 0 Å². The zero-order valence-electron chi connectivity index (χ0n) is 7.71. The summed E-state index contributed by atoms with van der Waals surface area (Å²) in [6, 6.07) is 0. The zero-order valence-corrected chi connectivity index (χ0v) is 7.71. The highest BCUT2D eigenvalue weighted by atomic mass is 16.2. The van der Waals surface area contributed by atoms with Crippen LogP contribution in [0.2, 0.25) is 0 Å². The van der Waals surface area contributed by atoms with Crippen molar-refractivity contribution in [2.75, 3.05) is 13.1 Å². The monoisotopic (exact) mass is 182 g/mol. The third-order valence-electron chi connectivity index (χ3n) is 2.72. The van der Waals surface area contributed by atoms with E-state index in [9.17, 15) is 4.79 Å². The smallest absolute Gasteiger partial charge is 0.253 e. The van der Waals surface area contributed by atoms with Crippen LogP contribution in [-0.4, -0.2) is 35.4 Å². The van der Waals surface area contributed by atoms with E-state index in [0.717, 1.165) is 31.8 Å². The summed E-state index contributed by atoms with van der Waals surface area (Å²) in [5.74, 6) is 6.39. The molecule has 0 aromatic heterocycles. The van der Waals surface area contributed by atoms with Gasteiger partial charge in [0.1, 0.15) is 11.4 Å². The molecule has 0 aromatic carbocycles. The Morgan fingerprint density at radius 1 is 1.54 bits per heavy atom. The van der Waals surface area contributed by atoms with Crippen LogP contribution >= 0.6 is 0 Å². The van der Waals surface area contributed by atoms with Gasteiger partial charge in [0.25, 0.3) is 5.91 Å². The van der Waals surface area contributed by atoms with Gasteiger partial charge in [0, 0.05) is 13.1 Å². The van der Waals surface area contributed by atoms with E-state index >= 15 is 0 Å². The molecule has 0 aromatic rings. The van der Waals surface area contributed by atoms with Gasteiger partial charge in [-0.15, -0.1) is 0 Å². The Kier molecular flexibility index (Phi) is 1.85. The Labute approximate surface area is 77.0 Å². The minimum absolute atomic E-state index is 0.0399. The maximum atomic E-state index is 11.6. The number of carbonyl (C=O) groups excluding carboxylic acids is 1. The molecule has 2 aliphatic rings. The molecule has 0 atom stereocenters. The molecule has 13 heavy (non-hydrogen) atoms. The van der Waals surface area contributed by atoms with Crippen molar-refractivity contribution in [2.24, 2.45) is 10.8 Å². The molecule has 1 amide bonds. The molecule has 0 saturated carbocycles. The second kappa shape index (κ2) is 2.78. The average molecular weight is 182 g/mol. The van der Waals surface area contributed by atoms with E-state index in [1.54, 1.807) is 5.01 Å². The molecule has 3 N–H and O–H groups in total. The van der Waals surface area contributed by atoms with Crippen molar-refractivity contribution >= 4 is 11.7 Å². The fraction of sp³-hybridized carbons (Fsp3) is 0.750. The molecule has 5 nitrogen and oxygen atoms in total.